The molecule has 1 amide bonds. The van der Waals surface area contributed by atoms with Crippen molar-refractivity contribution in [1.82, 2.24) is 24.1 Å². The van der Waals surface area contributed by atoms with Gasteiger partial charge in [-0.25, -0.2) is 18.3 Å². The molecule has 2 aromatic heterocycles. The summed E-state index contributed by atoms with van der Waals surface area (Å²) < 4.78 is 17.7. The molecule has 1 atom stereocenters. The van der Waals surface area contributed by atoms with Gasteiger partial charge in [0.15, 0.2) is 0 Å². The van der Waals surface area contributed by atoms with E-state index in [0.29, 0.717) is 11.1 Å². The fraction of sp³-hybridized carbons (Fsp3) is 0.273. The van der Waals surface area contributed by atoms with Crippen LogP contribution in [0.2, 0.25) is 0 Å². The first-order valence-corrected chi connectivity index (χ1v) is 9.98. The minimum absolute atomic E-state index is 0.0156. The summed E-state index contributed by atoms with van der Waals surface area (Å²) in [6, 6.07) is 10.7. The van der Waals surface area contributed by atoms with E-state index in [1.165, 1.54) is 34.2 Å². The molecule has 0 bridgehead atoms. The zero-order valence-electron chi connectivity index (χ0n) is 17.4. The second-order valence-corrected chi connectivity index (χ2v) is 7.55. The first-order chi connectivity index (χ1) is 14.8. The van der Waals surface area contributed by atoms with Gasteiger partial charge in [-0.15, -0.1) is 5.10 Å². The number of amides is 1. The fourth-order valence-corrected chi connectivity index (χ4v) is 3.43. The maximum atomic E-state index is 14.1. The van der Waals surface area contributed by atoms with Crippen LogP contribution >= 0.6 is 0 Å². The Morgan fingerprint density at radius 1 is 1.19 bits per heavy atom. The summed E-state index contributed by atoms with van der Waals surface area (Å²) in [7, 11) is 1.51. The van der Waals surface area contributed by atoms with Gasteiger partial charge in [-0.05, 0) is 37.6 Å². The van der Waals surface area contributed by atoms with Gasteiger partial charge in [0.1, 0.15) is 5.82 Å². The molecule has 4 rings (SSSR count). The van der Waals surface area contributed by atoms with Crippen molar-refractivity contribution in [2.45, 2.75) is 32.9 Å². The highest BCUT2D eigenvalue weighted by atomic mass is 19.1. The Labute approximate surface area is 176 Å². The second-order valence-electron chi connectivity index (χ2n) is 7.55. The van der Waals surface area contributed by atoms with Crippen LogP contribution < -0.4 is 16.6 Å². The molecule has 0 radical (unpaired) electrons. The number of aromatic nitrogens is 4. The highest BCUT2D eigenvalue weighted by Crippen LogP contribution is 2.15. The predicted octanol–water partition coefficient (Wildman–Crippen LogP) is 2.06. The summed E-state index contributed by atoms with van der Waals surface area (Å²) in [5, 5.41) is 7.41. The van der Waals surface area contributed by atoms with Crippen molar-refractivity contribution in [3.05, 3.63) is 80.2 Å². The Hall–Kier alpha value is -3.75. The van der Waals surface area contributed by atoms with Crippen molar-refractivity contribution in [2.75, 3.05) is 0 Å². The van der Waals surface area contributed by atoms with Crippen LogP contribution in [0.25, 0.3) is 16.7 Å². The maximum absolute atomic E-state index is 14.1. The second kappa shape index (κ2) is 7.82. The van der Waals surface area contributed by atoms with Crippen LogP contribution in [0.5, 0.6) is 0 Å². The lowest BCUT2D eigenvalue weighted by molar-refractivity contribution is 0.0939. The number of hydrogen-bond acceptors (Lipinski definition) is 4. The Balaban J connectivity index is 1.92. The highest BCUT2D eigenvalue weighted by Gasteiger charge is 2.18. The average Bonchev–Trinajstić information content (AvgIpc) is 3.09. The largest absolute Gasteiger partial charge is 0.352 e. The Bertz CT molecular complexity index is 1430. The van der Waals surface area contributed by atoms with Crippen molar-refractivity contribution < 1.29 is 9.18 Å². The minimum atomic E-state index is -0.529. The summed E-state index contributed by atoms with van der Waals surface area (Å²) in [6.07, 6.45) is 0.770. The first-order valence-electron chi connectivity index (χ1n) is 9.98. The van der Waals surface area contributed by atoms with Gasteiger partial charge in [-0.3, -0.25) is 14.2 Å². The van der Waals surface area contributed by atoms with Gasteiger partial charge in [0.05, 0.1) is 17.4 Å². The van der Waals surface area contributed by atoms with Gasteiger partial charge in [-0.1, -0.05) is 25.1 Å². The monoisotopic (exact) mass is 423 g/mol. The molecule has 0 saturated carbocycles. The van der Waals surface area contributed by atoms with Gasteiger partial charge in [0.25, 0.3) is 11.5 Å². The molecule has 160 valence electrons. The normalized spacial score (nSPS) is 12.4. The molecule has 0 saturated heterocycles. The quantitative estimate of drug-likeness (QED) is 0.532. The molecule has 31 heavy (non-hydrogen) atoms. The molecular weight excluding hydrogens is 401 g/mol. The fourth-order valence-electron chi connectivity index (χ4n) is 3.43. The number of aryl methyl sites for hydroxylation is 1. The van der Waals surface area contributed by atoms with E-state index < -0.39 is 11.5 Å². The lowest BCUT2D eigenvalue weighted by Crippen LogP contribution is -2.32. The first kappa shape index (κ1) is 20.5. The molecule has 8 nitrogen and oxygen atoms in total. The number of halogens is 1. The number of rotatable bonds is 5. The molecule has 2 heterocycles. The van der Waals surface area contributed by atoms with Crippen molar-refractivity contribution in [3.63, 3.8) is 0 Å². The highest BCUT2D eigenvalue weighted by molar-refractivity contribution is 5.98. The van der Waals surface area contributed by atoms with Gasteiger partial charge in [0, 0.05) is 24.2 Å². The third-order valence-corrected chi connectivity index (χ3v) is 5.43. The van der Waals surface area contributed by atoms with E-state index in [1.54, 1.807) is 24.3 Å². The molecule has 1 N–H and O–H groups in total. The van der Waals surface area contributed by atoms with Crippen LogP contribution in [0.3, 0.4) is 0 Å². The summed E-state index contributed by atoms with van der Waals surface area (Å²) in [5.74, 6) is -0.635. The Morgan fingerprint density at radius 3 is 2.65 bits per heavy atom. The number of carbonyl (C=O) groups excluding carboxylic acids is 1. The summed E-state index contributed by atoms with van der Waals surface area (Å²) >= 11 is 0. The molecule has 0 fully saturated rings. The predicted molar refractivity (Wildman–Crippen MR) is 115 cm³/mol. The molecule has 0 aliphatic carbocycles. The van der Waals surface area contributed by atoms with E-state index in [2.05, 4.69) is 10.4 Å². The van der Waals surface area contributed by atoms with Crippen LogP contribution in [0.15, 0.2) is 52.1 Å². The minimum Gasteiger partial charge on any atom is -0.350 e. The lowest BCUT2D eigenvalue weighted by Gasteiger charge is -2.12. The van der Waals surface area contributed by atoms with E-state index >= 15 is 0 Å². The number of fused-ring (bicyclic) bond motifs is 3. The zero-order valence-corrected chi connectivity index (χ0v) is 17.4. The number of hydrogen-bond donors (Lipinski definition) is 1. The SMILES string of the molecule is CCC(C)NC(=O)c1ccc2c(=O)n(C)c3nn(Cc4ccccc4F)c(=O)n3c2c1. The molecule has 1 unspecified atom stereocenters. The maximum Gasteiger partial charge on any atom is 0.352 e. The summed E-state index contributed by atoms with van der Waals surface area (Å²) in [4.78, 5) is 38.5. The molecule has 4 aromatic rings. The number of nitrogens with zero attached hydrogens (tertiary/aromatic N) is 4. The molecule has 0 aliphatic rings. The van der Waals surface area contributed by atoms with Crippen molar-refractivity contribution in [2.24, 2.45) is 7.05 Å². The molecule has 9 heteroatoms. The standard InChI is InChI=1S/C22H22FN5O3/c1-4-13(2)24-19(29)14-9-10-16-18(11-14)28-21(26(3)20(16)30)25-27(22(28)31)12-15-7-5-6-8-17(15)23/h5-11,13H,4,12H2,1-3H3,(H,24,29). The van der Waals surface area contributed by atoms with Crippen LogP contribution in [0, 0.1) is 5.82 Å². The van der Waals surface area contributed by atoms with Crippen LogP contribution in [0.4, 0.5) is 4.39 Å². The number of benzene rings is 2. The van der Waals surface area contributed by atoms with Crippen molar-refractivity contribution >= 4 is 22.6 Å². The molecule has 0 aliphatic heterocycles. The molecular formula is C22H22FN5O3. The van der Waals surface area contributed by atoms with E-state index in [9.17, 15) is 18.8 Å². The van der Waals surface area contributed by atoms with Gasteiger partial charge < -0.3 is 5.32 Å². The van der Waals surface area contributed by atoms with E-state index in [0.717, 1.165) is 11.1 Å². The van der Waals surface area contributed by atoms with Crippen LogP contribution in [0.1, 0.15) is 36.2 Å². The van der Waals surface area contributed by atoms with Crippen molar-refractivity contribution in [1.29, 1.82) is 0 Å². The third kappa shape index (κ3) is 3.52. The third-order valence-electron chi connectivity index (χ3n) is 5.43. The molecule has 0 spiro atoms. The van der Waals surface area contributed by atoms with Crippen molar-refractivity contribution in [3.8, 4) is 0 Å². The van der Waals surface area contributed by atoms with E-state index in [1.807, 2.05) is 13.8 Å². The van der Waals surface area contributed by atoms with Gasteiger partial charge in [-0.2, -0.15) is 0 Å². The smallest absolute Gasteiger partial charge is 0.350 e. The Kier molecular flexibility index (Phi) is 5.18. The zero-order chi connectivity index (χ0) is 22.3. The Morgan fingerprint density at radius 2 is 1.94 bits per heavy atom. The number of carbonyl (C=O) groups is 1. The van der Waals surface area contributed by atoms with Gasteiger partial charge >= 0.3 is 5.69 Å². The summed E-state index contributed by atoms with van der Waals surface area (Å²) in [5.41, 5.74) is 0.0319. The van der Waals surface area contributed by atoms with Crippen LogP contribution in [-0.2, 0) is 13.6 Å². The van der Waals surface area contributed by atoms with Crippen LogP contribution in [-0.4, -0.2) is 30.7 Å². The average molecular weight is 423 g/mol. The lowest BCUT2D eigenvalue weighted by atomic mass is 10.1. The number of nitrogens with one attached hydrogen (secondary N) is 1. The van der Waals surface area contributed by atoms with E-state index in [-0.39, 0.29) is 40.7 Å². The molecule has 2 aromatic carbocycles. The topological polar surface area (TPSA) is 90.4 Å². The van der Waals surface area contributed by atoms with E-state index in [4.69, 9.17) is 0 Å². The summed E-state index contributed by atoms with van der Waals surface area (Å²) in [6.45, 7) is 3.77. The van der Waals surface area contributed by atoms with Gasteiger partial charge in [0.2, 0.25) is 5.78 Å².